The van der Waals surface area contributed by atoms with Crippen LogP contribution in [0, 0.1) is 0 Å². The summed E-state index contributed by atoms with van der Waals surface area (Å²) in [6.07, 6.45) is 3.05. The summed E-state index contributed by atoms with van der Waals surface area (Å²) in [6, 6.07) is 10.4. The molecule has 5 rings (SSSR count). The van der Waals surface area contributed by atoms with Gasteiger partial charge in [-0.1, -0.05) is 5.11 Å². The highest BCUT2D eigenvalue weighted by molar-refractivity contribution is 5.91. The lowest BCUT2D eigenvalue weighted by molar-refractivity contribution is -0.686. The summed E-state index contributed by atoms with van der Waals surface area (Å²) in [5, 5.41) is 5.45. The van der Waals surface area contributed by atoms with Crippen molar-refractivity contribution in [3.8, 4) is 34.3 Å². The first kappa shape index (κ1) is 25.9. The Morgan fingerprint density at radius 2 is 1.68 bits per heavy atom. The Bertz CT molecular complexity index is 1330. The van der Waals surface area contributed by atoms with E-state index in [4.69, 9.17) is 38.7 Å². The number of nitrogens with zero attached hydrogens (tertiary/aromatic N) is 4. The maximum absolute atomic E-state index is 8.20. The lowest BCUT2D eigenvalue weighted by Gasteiger charge is -2.18. The summed E-state index contributed by atoms with van der Waals surface area (Å²) in [7, 11) is 1.65. The molecule has 0 fully saturated rings. The molecule has 0 spiro atoms. The summed E-state index contributed by atoms with van der Waals surface area (Å²) < 4.78 is 41.6. The van der Waals surface area contributed by atoms with Gasteiger partial charge < -0.3 is 33.2 Å². The number of aromatic nitrogens is 1. The van der Waals surface area contributed by atoms with Crippen molar-refractivity contribution in [3.05, 3.63) is 52.5 Å². The molecule has 0 radical (unpaired) electrons. The second-order valence-corrected chi connectivity index (χ2v) is 8.70. The number of aryl methyl sites for hydroxylation is 2. The van der Waals surface area contributed by atoms with Crippen molar-refractivity contribution < 1.29 is 37.7 Å². The van der Waals surface area contributed by atoms with Crippen molar-refractivity contribution in [2.45, 2.75) is 13.0 Å². The van der Waals surface area contributed by atoms with Gasteiger partial charge in [-0.3, -0.25) is 0 Å². The van der Waals surface area contributed by atoms with Crippen molar-refractivity contribution in [1.82, 2.24) is 0 Å². The summed E-state index contributed by atoms with van der Waals surface area (Å²) in [5.74, 6) is 2.99. The van der Waals surface area contributed by atoms with Crippen LogP contribution in [0.1, 0.15) is 5.56 Å². The largest absolute Gasteiger partial charge is 0.493 e. The van der Waals surface area contributed by atoms with Gasteiger partial charge in [-0.25, -0.2) is 0 Å². The van der Waals surface area contributed by atoms with Crippen LogP contribution < -0.4 is 23.5 Å². The van der Waals surface area contributed by atoms with Crippen LogP contribution in [0.2, 0.25) is 0 Å². The monoisotopic (exact) mass is 523 g/mol. The van der Waals surface area contributed by atoms with Gasteiger partial charge in [-0.05, 0) is 40.7 Å². The Balaban J connectivity index is 1.17. The lowest BCUT2D eigenvalue weighted by Crippen LogP contribution is -2.40. The highest BCUT2D eigenvalue weighted by atomic mass is 16.7. The smallest absolute Gasteiger partial charge is 0.231 e. The van der Waals surface area contributed by atoms with E-state index in [1.165, 1.54) is 5.56 Å². The number of pyridine rings is 1. The van der Waals surface area contributed by atoms with Gasteiger partial charge in [0.25, 0.3) is 0 Å². The number of hydrogen-bond donors (Lipinski definition) is 0. The molecule has 11 nitrogen and oxygen atoms in total. The van der Waals surface area contributed by atoms with E-state index in [2.05, 4.69) is 45.1 Å². The summed E-state index contributed by atoms with van der Waals surface area (Å²) in [5.41, 5.74) is 11.8. The summed E-state index contributed by atoms with van der Waals surface area (Å²) >= 11 is 0. The molecule has 0 saturated heterocycles. The molecule has 0 amide bonds. The minimum absolute atomic E-state index is 0.267. The third-order valence-electron chi connectivity index (χ3n) is 6.41. The van der Waals surface area contributed by atoms with Crippen LogP contribution in [0.5, 0.6) is 23.0 Å². The van der Waals surface area contributed by atoms with Crippen molar-refractivity contribution >= 4 is 10.8 Å². The second kappa shape index (κ2) is 12.7. The van der Waals surface area contributed by atoms with Gasteiger partial charge in [-0.2, -0.15) is 4.57 Å². The molecular formula is C27H31N4O7+. The molecule has 0 bridgehead atoms. The third kappa shape index (κ3) is 5.87. The minimum Gasteiger partial charge on any atom is -0.493 e. The molecule has 3 aromatic rings. The van der Waals surface area contributed by atoms with Crippen LogP contribution in [0.15, 0.2) is 41.6 Å². The SMILES string of the molecule is COc1ccc2cc3[n+](cc2c1OCCOCCOCCOCCN=[N+]=[N-])CCc1cc2c(cc1-3)OCO2. The molecule has 0 aliphatic carbocycles. The van der Waals surface area contributed by atoms with E-state index in [1.807, 2.05) is 6.07 Å². The Morgan fingerprint density at radius 3 is 2.45 bits per heavy atom. The lowest BCUT2D eigenvalue weighted by atomic mass is 9.95. The van der Waals surface area contributed by atoms with Crippen LogP contribution in [0.25, 0.3) is 32.5 Å². The average Bonchev–Trinajstić information content (AvgIpc) is 3.41. The topological polar surface area (TPSA) is 117 Å². The van der Waals surface area contributed by atoms with E-state index < -0.39 is 0 Å². The molecule has 200 valence electrons. The number of ether oxygens (including phenoxy) is 7. The van der Waals surface area contributed by atoms with Gasteiger partial charge in [0.1, 0.15) is 6.61 Å². The molecule has 2 aliphatic heterocycles. The standard InChI is InChI=1S/C27H31N4O7/c1-32-24-3-2-19-14-23-21-16-26-25(37-18-38-26)15-20(21)4-6-31(23)17-22(19)27(24)36-13-12-35-11-10-34-9-8-33-7-5-29-30-28/h2-3,14-17H,4-13,18H2,1H3/q+1. The van der Waals surface area contributed by atoms with Gasteiger partial charge in [0.05, 0.1) is 57.7 Å². The van der Waals surface area contributed by atoms with E-state index in [1.54, 1.807) is 7.11 Å². The molecule has 0 saturated carbocycles. The van der Waals surface area contributed by atoms with Crippen LogP contribution >= 0.6 is 0 Å². The van der Waals surface area contributed by atoms with Gasteiger partial charge in [0.15, 0.2) is 35.7 Å². The average molecular weight is 524 g/mol. The number of azide groups is 1. The molecule has 38 heavy (non-hydrogen) atoms. The molecule has 0 atom stereocenters. The van der Waals surface area contributed by atoms with Crippen LogP contribution in [0.4, 0.5) is 0 Å². The third-order valence-corrected chi connectivity index (χ3v) is 6.41. The Hall–Kier alpha value is -3.76. The summed E-state index contributed by atoms with van der Waals surface area (Å²) in [6.45, 7) is 4.46. The zero-order valence-corrected chi connectivity index (χ0v) is 21.4. The van der Waals surface area contributed by atoms with Gasteiger partial charge >= 0.3 is 0 Å². The number of methoxy groups -OCH3 is 1. The maximum Gasteiger partial charge on any atom is 0.231 e. The van der Waals surface area contributed by atoms with E-state index >= 15 is 0 Å². The molecule has 2 aliphatic rings. The zero-order chi connectivity index (χ0) is 26.2. The predicted octanol–water partition coefficient (Wildman–Crippen LogP) is 3.83. The Morgan fingerprint density at radius 1 is 0.947 bits per heavy atom. The summed E-state index contributed by atoms with van der Waals surface area (Å²) in [4.78, 5) is 2.67. The van der Waals surface area contributed by atoms with Crippen molar-refractivity contribution in [3.63, 3.8) is 0 Å². The molecule has 1 aromatic heterocycles. The Labute approximate surface area is 220 Å². The molecule has 2 aromatic carbocycles. The number of fused-ring (bicyclic) bond motifs is 5. The van der Waals surface area contributed by atoms with Gasteiger partial charge in [0.2, 0.25) is 12.5 Å². The first-order valence-corrected chi connectivity index (χ1v) is 12.6. The first-order valence-electron chi connectivity index (χ1n) is 12.6. The molecule has 0 unspecified atom stereocenters. The van der Waals surface area contributed by atoms with Crippen LogP contribution in [-0.2, 0) is 27.2 Å². The van der Waals surface area contributed by atoms with Gasteiger partial charge in [-0.15, -0.1) is 0 Å². The fourth-order valence-corrected chi connectivity index (χ4v) is 4.60. The van der Waals surface area contributed by atoms with E-state index in [0.29, 0.717) is 64.3 Å². The maximum atomic E-state index is 8.20. The van der Waals surface area contributed by atoms with Crippen LogP contribution in [0.3, 0.4) is 0 Å². The van der Waals surface area contributed by atoms with E-state index in [0.717, 1.165) is 46.5 Å². The quantitative estimate of drug-likeness (QED) is 0.104. The van der Waals surface area contributed by atoms with Crippen molar-refractivity contribution in [2.24, 2.45) is 5.11 Å². The zero-order valence-electron chi connectivity index (χ0n) is 21.4. The minimum atomic E-state index is 0.267. The fourth-order valence-electron chi connectivity index (χ4n) is 4.60. The molecule has 3 heterocycles. The number of hydrogen-bond acceptors (Lipinski definition) is 8. The normalized spacial score (nSPS) is 13.1. The number of rotatable bonds is 14. The number of benzene rings is 2. The van der Waals surface area contributed by atoms with E-state index in [-0.39, 0.29) is 6.79 Å². The van der Waals surface area contributed by atoms with Crippen molar-refractivity contribution in [1.29, 1.82) is 0 Å². The van der Waals surface area contributed by atoms with Crippen molar-refractivity contribution in [2.75, 3.05) is 66.7 Å². The van der Waals surface area contributed by atoms with Crippen LogP contribution in [-0.4, -0.2) is 66.7 Å². The molecule has 11 heteroatoms. The molecule has 0 N–H and O–H groups in total. The Kier molecular flexibility index (Phi) is 8.62. The second-order valence-electron chi connectivity index (χ2n) is 8.70. The highest BCUT2D eigenvalue weighted by Gasteiger charge is 2.28. The van der Waals surface area contributed by atoms with E-state index in [9.17, 15) is 0 Å². The highest BCUT2D eigenvalue weighted by Crippen LogP contribution is 2.41. The fraction of sp³-hybridized carbons (Fsp3) is 0.444. The first-order chi connectivity index (χ1) is 18.8. The molecular weight excluding hydrogens is 492 g/mol. The van der Waals surface area contributed by atoms with Gasteiger partial charge in [0, 0.05) is 23.9 Å². The predicted molar refractivity (Wildman–Crippen MR) is 138 cm³/mol.